The number of halogens is 2. The van der Waals surface area contributed by atoms with Crippen LogP contribution in [0.3, 0.4) is 0 Å². The minimum absolute atomic E-state index is 0.131. The van der Waals surface area contributed by atoms with Gasteiger partial charge in [-0.05, 0) is 32.0 Å². The van der Waals surface area contributed by atoms with Gasteiger partial charge >= 0.3 is 0 Å². The van der Waals surface area contributed by atoms with Crippen molar-refractivity contribution in [3.8, 4) is 5.75 Å². The quantitative estimate of drug-likeness (QED) is 0.704. The van der Waals surface area contributed by atoms with Gasteiger partial charge in [-0.1, -0.05) is 0 Å². The minimum atomic E-state index is -4.45. The van der Waals surface area contributed by atoms with Gasteiger partial charge in [-0.15, -0.1) is 0 Å². The Balaban J connectivity index is 1.95. The van der Waals surface area contributed by atoms with E-state index in [0.29, 0.717) is 6.07 Å². The van der Waals surface area contributed by atoms with Gasteiger partial charge in [0, 0.05) is 23.8 Å². The number of benzene rings is 1. The van der Waals surface area contributed by atoms with Crippen LogP contribution in [0.25, 0.3) is 0 Å². The summed E-state index contributed by atoms with van der Waals surface area (Å²) in [7, 11) is -7.17. The molecule has 0 bridgehead atoms. The Morgan fingerprint density at radius 2 is 2.19 bits per heavy atom. The number of sulfonamides is 1. The highest BCUT2D eigenvalue weighted by molar-refractivity contribution is 7.89. The largest absolute Gasteiger partial charge is 0.495 e. The maximum Gasteiger partial charge on any atom is 0.274 e. The van der Waals surface area contributed by atoms with E-state index in [9.17, 15) is 22.0 Å². The lowest BCUT2D eigenvalue weighted by atomic mass is 9.93. The van der Waals surface area contributed by atoms with E-state index < -0.39 is 63.9 Å². The molecular weight excluding hydrogens is 432 g/mol. The lowest BCUT2D eigenvalue weighted by molar-refractivity contribution is 0.102. The van der Waals surface area contributed by atoms with Crippen LogP contribution in [0.2, 0.25) is 0 Å². The van der Waals surface area contributed by atoms with E-state index in [1.165, 1.54) is 13.0 Å². The first-order valence-electron chi connectivity index (χ1n) is 11.2. The van der Waals surface area contributed by atoms with Gasteiger partial charge in [0.1, 0.15) is 17.0 Å². The minimum Gasteiger partial charge on any atom is -0.495 e. The predicted octanol–water partition coefficient (Wildman–Crippen LogP) is 1.82. The van der Waals surface area contributed by atoms with Gasteiger partial charge in [-0.2, -0.15) is 0 Å². The van der Waals surface area contributed by atoms with Crippen molar-refractivity contribution >= 4 is 27.6 Å². The first-order chi connectivity index (χ1) is 16.3. The molecule has 1 aromatic carbocycles. The van der Waals surface area contributed by atoms with Crippen LogP contribution in [-0.2, 0) is 15.6 Å². The molecule has 3 N–H and O–H groups in total. The third kappa shape index (κ3) is 4.29. The highest BCUT2D eigenvalue weighted by atomic mass is 32.2. The van der Waals surface area contributed by atoms with Gasteiger partial charge in [0.15, 0.2) is 11.6 Å². The van der Waals surface area contributed by atoms with Crippen molar-refractivity contribution in [2.45, 2.75) is 19.4 Å². The van der Waals surface area contributed by atoms with E-state index in [1.807, 2.05) is 0 Å². The number of amides is 1. The third-order valence-corrected chi connectivity index (χ3v) is 6.32. The normalized spacial score (nSPS) is 23.4. The second kappa shape index (κ2) is 8.10. The molecule has 0 saturated heterocycles. The SMILES string of the molecule is [2H]C([2H])([2H])Oc1ccc(C(=O)Nc2cc(F)c(F)c([C@]3(C)CS(=O)(=O)N(C([2H])([2H])C)C(N)=N3)c2)nc1. The fraction of sp³-hybridized carbons (Fsp3) is 0.316. The zero-order valence-corrected chi connectivity index (χ0v) is 17.1. The average Bonchev–Trinajstić information content (AvgIpc) is 2.67. The summed E-state index contributed by atoms with van der Waals surface area (Å²) in [6, 6.07) is 3.96. The maximum atomic E-state index is 14.8. The average molecular weight is 459 g/mol. The van der Waals surface area contributed by atoms with Crippen LogP contribution in [-0.4, -0.2) is 48.9 Å². The molecule has 0 spiro atoms. The zero-order chi connectivity index (χ0) is 27.3. The monoisotopic (exact) mass is 458 g/mol. The number of methoxy groups -OCH3 is 1. The molecule has 1 atom stereocenters. The number of hydrogen-bond donors (Lipinski definition) is 2. The summed E-state index contributed by atoms with van der Waals surface area (Å²) in [4.78, 5) is 20.3. The number of anilines is 1. The molecule has 0 radical (unpaired) electrons. The van der Waals surface area contributed by atoms with Crippen molar-refractivity contribution in [1.29, 1.82) is 0 Å². The van der Waals surface area contributed by atoms with Crippen LogP contribution in [0.4, 0.5) is 14.5 Å². The number of aromatic nitrogens is 1. The fourth-order valence-electron chi connectivity index (χ4n) is 3.11. The number of rotatable bonds is 5. The summed E-state index contributed by atoms with van der Waals surface area (Å²) >= 11 is 0. The first kappa shape index (κ1) is 16.4. The van der Waals surface area contributed by atoms with Gasteiger partial charge in [0.05, 0.1) is 25.8 Å². The molecule has 0 aliphatic carbocycles. The van der Waals surface area contributed by atoms with Crippen LogP contribution in [0.5, 0.6) is 5.75 Å². The third-order valence-electron chi connectivity index (χ3n) is 4.47. The van der Waals surface area contributed by atoms with Crippen LogP contribution >= 0.6 is 0 Å². The molecule has 1 aromatic heterocycles. The molecule has 1 aliphatic heterocycles. The number of ether oxygens (including phenoxy) is 1. The number of guanidine groups is 1. The second-order valence-electron chi connectivity index (χ2n) is 6.74. The van der Waals surface area contributed by atoms with Crippen LogP contribution in [0.1, 0.15) is 36.8 Å². The molecule has 2 heterocycles. The van der Waals surface area contributed by atoms with Gasteiger partial charge in [0.25, 0.3) is 5.91 Å². The molecule has 0 unspecified atom stereocenters. The maximum absolute atomic E-state index is 14.8. The van der Waals surface area contributed by atoms with Gasteiger partial charge in [-0.25, -0.2) is 31.5 Å². The van der Waals surface area contributed by atoms with E-state index in [1.54, 1.807) is 0 Å². The van der Waals surface area contributed by atoms with Crippen molar-refractivity contribution in [2.24, 2.45) is 10.7 Å². The Morgan fingerprint density at radius 3 is 2.77 bits per heavy atom. The molecule has 2 aromatic rings. The van der Waals surface area contributed by atoms with E-state index in [0.717, 1.165) is 25.3 Å². The van der Waals surface area contributed by atoms with Crippen molar-refractivity contribution in [1.82, 2.24) is 9.29 Å². The smallest absolute Gasteiger partial charge is 0.274 e. The van der Waals surface area contributed by atoms with E-state index in [2.05, 4.69) is 20.0 Å². The predicted molar refractivity (Wildman–Crippen MR) is 110 cm³/mol. The Bertz CT molecular complexity index is 1330. The van der Waals surface area contributed by atoms with Crippen LogP contribution in [0, 0.1) is 11.6 Å². The molecule has 1 amide bonds. The summed E-state index contributed by atoms with van der Waals surface area (Å²) < 4.78 is 96.3. The highest BCUT2D eigenvalue weighted by Crippen LogP contribution is 2.36. The van der Waals surface area contributed by atoms with Crippen molar-refractivity contribution in [2.75, 3.05) is 24.6 Å². The van der Waals surface area contributed by atoms with Crippen LogP contribution < -0.4 is 15.8 Å². The van der Waals surface area contributed by atoms with E-state index in [-0.39, 0.29) is 21.4 Å². The lowest BCUT2D eigenvalue weighted by Gasteiger charge is -2.36. The number of nitrogens with zero attached hydrogens (tertiary/aromatic N) is 3. The summed E-state index contributed by atoms with van der Waals surface area (Å²) in [5.74, 6) is -5.54. The van der Waals surface area contributed by atoms with Gasteiger partial charge < -0.3 is 15.8 Å². The summed E-state index contributed by atoms with van der Waals surface area (Å²) in [6.07, 6.45) is 0.988. The Morgan fingerprint density at radius 1 is 1.45 bits per heavy atom. The number of carbonyl (C=O) groups is 1. The number of hydrogen-bond acceptors (Lipinski definition) is 7. The van der Waals surface area contributed by atoms with Crippen LogP contribution in [0.15, 0.2) is 35.5 Å². The van der Waals surface area contributed by atoms with E-state index >= 15 is 0 Å². The standard InChI is InChI=1S/C19H21F2N5O4S/c1-4-26-18(22)25-19(2,10-31(26,28)29)13-7-11(8-14(20)16(13)21)24-17(27)15-6-5-12(30-3)9-23-15/h5-9H,4,10H2,1-3H3,(H2,22,25)(H,24,27)/t19-/m0/s1/i3D3,4D2. The number of nitrogens with two attached hydrogens (primary N) is 1. The Labute approximate surface area is 185 Å². The van der Waals surface area contributed by atoms with Gasteiger partial charge in [-0.3, -0.25) is 4.79 Å². The highest BCUT2D eigenvalue weighted by Gasteiger charge is 2.43. The summed E-state index contributed by atoms with van der Waals surface area (Å²) in [5, 5.41) is 2.30. The van der Waals surface area contributed by atoms with Gasteiger partial charge in [0.2, 0.25) is 16.0 Å². The van der Waals surface area contributed by atoms with Crippen molar-refractivity contribution in [3.05, 3.63) is 53.4 Å². The second-order valence-corrected chi connectivity index (χ2v) is 8.56. The molecule has 3 rings (SSSR count). The zero-order valence-electron chi connectivity index (χ0n) is 21.3. The van der Waals surface area contributed by atoms with E-state index in [4.69, 9.17) is 12.6 Å². The molecular formula is C19H21F2N5O4S. The lowest BCUT2D eigenvalue weighted by Crippen LogP contribution is -2.52. The molecule has 12 heteroatoms. The van der Waals surface area contributed by atoms with Crippen molar-refractivity contribution < 1.29 is 33.6 Å². The summed E-state index contributed by atoms with van der Waals surface area (Å²) in [5.41, 5.74) is 2.72. The molecule has 31 heavy (non-hydrogen) atoms. The molecule has 0 saturated carbocycles. The number of nitrogens with one attached hydrogen (secondary N) is 1. The number of pyridine rings is 1. The number of carbonyl (C=O) groups excluding carboxylic acids is 1. The Kier molecular flexibility index (Phi) is 4.29. The summed E-state index contributed by atoms with van der Waals surface area (Å²) in [6.45, 7) is -0.319. The molecule has 1 aliphatic rings. The Hall–Kier alpha value is -3.28. The van der Waals surface area contributed by atoms with Crippen molar-refractivity contribution in [3.63, 3.8) is 0 Å². The fourth-order valence-corrected chi connectivity index (χ4v) is 4.77. The molecule has 9 nitrogen and oxygen atoms in total. The topological polar surface area (TPSA) is 127 Å². The molecule has 0 fully saturated rings. The number of aliphatic imine (C=N–C) groups is 1. The first-order valence-corrected chi connectivity index (χ1v) is 10.3. The molecule has 166 valence electrons.